The molecule has 0 aliphatic rings. The van der Waals surface area contributed by atoms with Gasteiger partial charge in [0.2, 0.25) is 15.0 Å². The summed E-state index contributed by atoms with van der Waals surface area (Å²) in [4.78, 5) is 6.21. The molecule has 0 fully saturated rings. The quantitative estimate of drug-likeness (QED) is 0.487. The van der Waals surface area contributed by atoms with Gasteiger partial charge in [-0.15, -0.1) is 0 Å². The highest BCUT2D eigenvalue weighted by molar-refractivity contribution is 7.90. The standard InChI is InChI=1S/C20H30N4O4S2/c1-4-21-19(29)23(10-12-27-2)15-18-14-22-20(24(18)11-13-28-3)30(25,26)16-17-8-6-5-7-9-17/h5-9,14H,4,10-13,15-16H2,1-3H3,(H,21,29). The number of thiocarbonyl (C=S) groups is 1. The van der Waals surface area contributed by atoms with Crippen LogP contribution in [0.5, 0.6) is 0 Å². The maximum absolute atomic E-state index is 13.1. The first-order valence-electron chi connectivity index (χ1n) is 9.74. The van der Waals surface area contributed by atoms with Gasteiger partial charge >= 0.3 is 0 Å². The molecule has 0 atom stereocenters. The number of benzene rings is 1. The van der Waals surface area contributed by atoms with E-state index in [0.717, 1.165) is 11.3 Å². The molecule has 0 saturated carbocycles. The number of methoxy groups -OCH3 is 2. The van der Waals surface area contributed by atoms with Crippen LogP contribution in [-0.4, -0.2) is 68.5 Å². The van der Waals surface area contributed by atoms with Crippen molar-refractivity contribution in [3.8, 4) is 0 Å². The molecule has 0 radical (unpaired) electrons. The second-order valence-electron chi connectivity index (χ2n) is 6.67. The molecule has 10 heteroatoms. The smallest absolute Gasteiger partial charge is 0.228 e. The summed E-state index contributed by atoms with van der Waals surface area (Å²) in [5.41, 5.74) is 1.46. The lowest BCUT2D eigenvalue weighted by molar-refractivity contribution is 0.170. The predicted molar refractivity (Wildman–Crippen MR) is 120 cm³/mol. The Labute approximate surface area is 184 Å². The summed E-state index contributed by atoms with van der Waals surface area (Å²) in [6.07, 6.45) is 1.60. The van der Waals surface area contributed by atoms with Gasteiger partial charge in [-0.2, -0.15) is 0 Å². The average molecular weight is 455 g/mol. The van der Waals surface area contributed by atoms with Gasteiger partial charge in [0.25, 0.3) is 0 Å². The number of ether oxygens (including phenoxy) is 2. The van der Waals surface area contributed by atoms with Gasteiger partial charge in [0.1, 0.15) is 0 Å². The first-order chi connectivity index (χ1) is 14.4. The molecule has 0 saturated heterocycles. The molecule has 8 nitrogen and oxygen atoms in total. The van der Waals surface area contributed by atoms with Gasteiger partial charge in [0, 0.05) is 33.9 Å². The van der Waals surface area contributed by atoms with Gasteiger partial charge in [-0.1, -0.05) is 30.3 Å². The molecule has 0 bridgehead atoms. The van der Waals surface area contributed by atoms with Crippen molar-refractivity contribution in [1.29, 1.82) is 0 Å². The van der Waals surface area contributed by atoms with Crippen molar-refractivity contribution in [3.05, 3.63) is 47.8 Å². The highest BCUT2D eigenvalue weighted by Gasteiger charge is 2.25. The third-order valence-electron chi connectivity index (χ3n) is 4.43. The van der Waals surface area contributed by atoms with Crippen molar-refractivity contribution in [2.75, 3.05) is 40.5 Å². The summed E-state index contributed by atoms with van der Waals surface area (Å²) in [5.74, 6) is -0.111. The summed E-state index contributed by atoms with van der Waals surface area (Å²) >= 11 is 5.47. The van der Waals surface area contributed by atoms with Crippen molar-refractivity contribution in [1.82, 2.24) is 19.8 Å². The SMILES string of the molecule is CCNC(=S)N(CCOC)Cc1cnc(S(=O)(=O)Cc2ccccc2)n1CCOC. The molecule has 30 heavy (non-hydrogen) atoms. The molecule has 1 aromatic heterocycles. The molecule has 0 amide bonds. The number of hydrogen-bond donors (Lipinski definition) is 1. The fraction of sp³-hybridized carbons (Fsp3) is 0.500. The zero-order valence-corrected chi connectivity index (χ0v) is 19.3. The Morgan fingerprint density at radius 1 is 1.20 bits per heavy atom. The minimum atomic E-state index is -3.63. The number of aromatic nitrogens is 2. The summed E-state index contributed by atoms with van der Waals surface area (Å²) in [5, 5.41) is 3.76. The third-order valence-corrected chi connectivity index (χ3v) is 6.43. The summed E-state index contributed by atoms with van der Waals surface area (Å²) in [7, 11) is -0.418. The first kappa shape index (κ1) is 24.3. The Kier molecular flexibility index (Phi) is 9.70. The molecule has 166 valence electrons. The molecule has 2 aromatic rings. The summed E-state index contributed by atoms with van der Waals surface area (Å²) in [6, 6.07) is 9.09. The van der Waals surface area contributed by atoms with Crippen molar-refractivity contribution in [3.63, 3.8) is 0 Å². The van der Waals surface area contributed by atoms with Crippen LogP contribution in [0.3, 0.4) is 0 Å². The molecule has 0 aliphatic carbocycles. The van der Waals surface area contributed by atoms with Gasteiger partial charge in [-0.05, 0) is 24.7 Å². The normalized spacial score (nSPS) is 11.4. The van der Waals surface area contributed by atoms with Crippen molar-refractivity contribution < 1.29 is 17.9 Å². The van der Waals surface area contributed by atoms with Crippen LogP contribution in [0.4, 0.5) is 0 Å². The van der Waals surface area contributed by atoms with E-state index in [1.807, 2.05) is 30.0 Å². The molecule has 1 heterocycles. The van der Waals surface area contributed by atoms with Crippen molar-refractivity contribution in [2.45, 2.75) is 30.9 Å². The second-order valence-corrected chi connectivity index (χ2v) is 8.94. The third kappa shape index (κ3) is 6.76. The number of hydrogen-bond acceptors (Lipinski definition) is 6. The van der Waals surface area contributed by atoms with E-state index in [9.17, 15) is 8.42 Å². The van der Waals surface area contributed by atoms with Crippen LogP contribution in [0.15, 0.2) is 41.7 Å². The van der Waals surface area contributed by atoms with E-state index in [0.29, 0.717) is 44.5 Å². The fourth-order valence-corrected chi connectivity index (χ4v) is 4.78. The van der Waals surface area contributed by atoms with E-state index in [2.05, 4.69) is 10.3 Å². The summed E-state index contributed by atoms with van der Waals surface area (Å²) < 4.78 is 38.3. The zero-order chi connectivity index (χ0) is 22.0. The molecular weight excluding hydrogens is 424 g/mol. The minimum Gasteiger partial charge on any atom is -0.383 e. The minimum absolute atomic E-state index is 0.0412. The molecule has 0 aliphatic heterocycles. The number of nitrogens with one attached hydrogen (secondary N) is 1. The van der Waals surface area contributed by atoms with Crippen LogP contribution in [0, 0.1) is 0 Å². The van der Waals surface area contributed by atoms with Crippen LogP contribution in [0.1, 0.15) is 18.2 Å². The van der Waals surface area contributed by atoms with E-state index in [4.69, 9.17) is 21.7 Å². The Balaban J connectivity index is 2.33. The topological polar surface area (TPSA) is 85.7 Å². The lowest BCUT2D eigenvalue weighted by atomic mass is 10.2. The van der Waals surface area contributed by atoms with Crippen LogP contribution in [0.2, 0.25) is 0 Å². The highest BCUT2D eigenvalue weighted by atomic mass is 32.2. The lowest BCUT2D eigenvalue weighted by Crippen LogP contribution is -2.41. The molecule has 1 aromatic carbocycles. The predicted octanol–water partition coefficient (Wildman–Crippen LogP) is 1.85. The monoisotopic (exact) mass is 454 g/mol. The maximum Gasteiger partial charge on any atom is 0.228 e. The van der Waals surface area contributed by atoms with E-state index in [-0.39, 0.29) is 10.9 Å². The maximum atomic E-state index is 13.1. The van der Waals surface area contributed by atoms with Crippen molar-refractivity contribution in [2.24, 2.45) is 0 Å². The molecule has 0 spiro atoms. The van der Waals surface area contributed by atoms with E-state index in [1.54, 1.807) is 37.1 Å². The van der Waals surface area contributed by atoms with Crippen LogP contribution < -0.4 is 5.32 Å². The lowest BCUT2D eigenvalue weighted by Gasteiger charge is -2.26. The largest absolute Gasteiger partial charge is 0.383 e. The number of imidazole rings is 1. The Bertz CT molecular complexity index is 901. The van der Waals surface area contributed by atoms with Gasteiger partial charge in [-0.25, -0.2) is 13.4 Å². The average Bonchev–Trinajstić information content (AvgIpc) is 3.13. The summed E-state index contributed by atoms with van der Waals surface area (Å²) in [6.45, 7) is 4.89. The van der Waals surface area contributed by atoms with Gasteiger partial charge in [0.15, 0.2) is 5.11 Å². The zero-order valence-electron chi connectivity index (χ0n) is 17.7. The first-order valence-corrected chi connectivity index (χ1v) is 11.8. The van der Waals surface area contributed by atoms with Gasteiger partial charge in [0.05, 0.1) is 37.4 Å². The highest BCUT2D eigenvalue weighted by Crippen LogP contribution is 2.19. The fourth-order valence-electron chi connectivity index (χ4n) is 2.96. The number of sulfone groups is 1. The second kappa shape index (κ2) is 12.0. The Morgan fingerprint density at radius 2 is 1.90 bits per heavy atom. The van der Waals surface area contributed by atoms with Crippen LogP contribution in [-0.2, 0) is 38.2 Å². The van der Waals surface area contributed by atoms with E-state index >= 15 is 0 Å². The van der Waals surface area contributed by atoms with Gasteiger partial charge < -0.3 is 24.3 Å². The Morgan fingerprint density at radius 3 is 2.53 bits per heavy atom. The van der Waals surface area contributed by atoms with E-state index < -0.39 is 9.84 Å². The van der Waals surface area contributed by atoms with Crippen LogP contribution >= 0.6 is 12.2 Å². The van der Waals surface area contributed by atoms with Crippen LogP contribution in [0.25, 0.3) is 0 Å². The molecular formula is C20H30N4O4S2. The molecule has 1 N–H and O–H groups in total. The molecule has 2 rings (SSSR count). The molecule has 0 unspecified atom stereocenters. The number of rotatable bonds is 12. The Hall–Kier alpha value is -2.01. The van der Waals surface area contributed by atoms with Crippen molar-refractivity contribution >= 4 is 27.2 Å². The number of nitrogens with zero attached hydrogens (tertiary/aromatic N) is 3. The van der Waals surface area contributed by atoms with Gasteiger partial charge in [-0.3, -0.25) is 0 Å². The van der Waals surface area contributed by atoms with E-state index in [1.165, 1.54) is 0 Å².